The highest BCUT2D eigenvalue weighted by atomic mass is 32.2. The van der Waals surface area contributed by atoms with Crippen molar-refractivity contribution < 1.29 is 17.6 Å². The number of sulfone groups is 1. The minimum Gasteiger partial charge on any atom is -0.324 e. The predicted octanol–water partition coefficient (Wildman–Crippen LogP) is 4.12. The molecule has 3 aromatic rings. The number of benzene rings is 2. The third-order valence-electron chi connectivity index (χ3n) is 5.79. The maximum Gasteiger partial charge on any atom is 0.274 e. The Morgan fingerprint density at radius 1 is 1.17 bits per heavy atom. The molecule has 0 spiro atoms. The van der Waals surface area contributed by atoms with Crippen molar-refractivity contribution >= 4 is 21.3 Å². The van der Waals surface area contributed by atoms with Crippen LogP contribution in [-0.2, 0) is 16.3 Å². The monoisotopic (exact) mass is 490 g/mol. The number of carbonyl (C=O) groups is 1. The van der Waals surface area contributed by atoms with E-state index < -0.39 is 27.2 Å². The molecule has 0 bridgehead atoms. The maximum absolute atomic E-state index is 16.1. The van der Waals surface area contributed by atoms with Crippen LogP contribution in [0.3, 0.4) is 0 Å². The van der Waals surface area contributed by atoms with Gasteiger partial charge < -0.3 is 5.32 Å². The molecular formula is C26H23FN4O3S. The Morgan fingerprint density at radius 2 is 1.91 bits per heavy atom. The molecule has 1 aliphatic rings. The van der Waals surface area contributed by atoms with Gasteiger partial charge in [-0.2, -0.15) is 10.4 Å². The van der Waals surface area contributed by atoms with Crippen LogP contribution >= 0.6 is 0 Å². The molecule has 1 N–H and O–H groups in total. The van der Waals surface area contributed by atoms with Gasteiger partial charge in [0.2, 0.25) is 5.00 Å². The third kappa shape index (κ3) is 4.66. The van der Waals surface area contributed by atoms with Gasteiger partial charge in [0.15, 0.2) is 9.84 Å². The summed E-state index contributed by atoms with van der Waals surface area (Å²) in [6.45, 7) is 1.89. The number of nitrogens with one attached hydrogen (secondary N) is 1. The van der Waals surface area contributed by atoms with Crippen LogP contribution in [0.2, 0.25) is 0 Å². The topological polar surface area (TPSA) is 105 Å². The van der Waals surface area contributed by atoms with Gasteiger partial charge in [-0.1, -0.05) is 49.4 Å². The van der Waals surface area contributed by atoms with Gasteiger partial charge in [0.1, 0.15) is 5.69 Å². The molecule has 1 heterocycles. The minimum atomic E-state index is -4.19. The molecule has 1 aromatic heterocycles. The van der Waals surface area contributed by atoms with Crippen molar-refractivity contribution in [2.45, 2.75) is 24.8 Å². The third-order valence-corrected chi connectivity index (χ3v) is 7.33. The SMILES string of the molecule is CCc1cc(C(=O)NC2=CC=C(c3ccccc3)C(F)(S(C)(=O)=O)C2)n(-c2cccc(C#N)c2)n1. The van der Waals surface area contributed by atoms with Crippen LogP contribution in [0, 0.1) is 11.3 Å². The first-order valence-corrected chi connectivity index (χ1v) is 12.8. The normalized spacial score (nSPS) is 17.8. The summed E-state index contributed by atoms with van der Waals surface area (Å²) in [6, 6.07) is 18.8. The first-order valence-electron chi connectivity index (χ1n) is 10.9. The van der Waals surface area contributed by atoms with Crippen molar-refractivity contribution in [2.24, 2.45) is 0 Å². The number of alkyl halides is 1. The molecule has 0 saturated carbocycles. The van der Waals surface area contributed by atoms with Gasteiger partial charge in [0.25, 0.3) is 5.91 Å². The van der Waals surface area contributed by atoms with Crippen molar-refractivity contribution in [1.82, 2.24) is 15.1 Å². The van der Waals surface area contributed by atoms with E-state index in [9.17, 15) is 18.5 Å². The molecule has 0 aliphatic heterocycles. The number of hydrogen-bond donors (Lipinski definition) is 1. The second-order valence-electron chi connectivity index (χ2n) is 8.22. The highest BCUT2D eigenvalue weighted by Crippen LogP contribution is 2.42. The van der Waals surface area contributed by atoms with E-state index in [4.69, 9.17) is 0 Å². The van der Waals surface area contributed by atoms with E-state index in [1.165, 1.54) is 16.8 Å². The van der Waals surface area contributed by atoms with Gasteiger partial charge in [0.05, 0.1) is 23.0 Å². The summed E-state index contributed by atoms with van der Waals surface area (Å²) >= 11 is 0. The number of rotatable bonds is 6. The maximum atomic E-state index is 16.1. The van der Waals surface area contributed by atoms with Gasteiger partial charge in [-0.15, -0.1) is 0 Å². The van der Waals surface area contributed by atoms with Crippen molar-refractivity contribution in [2.75, 3.05) is 6.26 Å². The highest BCUT2D eigenvalue weighted by Gasteiger charge is 2.47. The number of nitriles is 1. The number of amides is 1. The summed E-state index contributed by atoms with van der Waals surface area (Å²) in [5.41, 5.74) is 2.35. The molecule has 2 aromatic carbocycles. The molecule has 7 nitrogen and oxygen atoms in total. The fourth-order valence-electron chi connectivity index (χ4n) is 3.93. The summed E-state index contributed by atoms with van der Waals surface area (Å²) in [6.07, 6.45) is 3.77. The molecule has 1 unspecified atom stereocenters. The van der Waals surface area contributed by atoms with Crippen LogP contribution in [0.15, 0.2) is 78.5 Å². The van der Waals surface area contributed by atoms with Crippen LogP contribution in [0.25, 0.3) is 11.3 Å². The first kappa shape index (κ1) is 24.1. The quantitative estimate of drug-likeness (QED) is 0.560. The zero-order valence-electron chi connectivity index (χ0n) is 19.2. The van der Waals surface area contributed by atoms with Crippen molar-refractivity contribution in [1.29, 1.82) is 5.26 Å². The second kappa shape index (κ2) is 9.31. The van der Waals surface area contributed by atoms with Gasteiger partial charge in [-0.25, -0.2) is 17.5 Å². The van der Waals surface area contributed by atoms with E-state index in [1.54, 1.807) is 60.7 Å². The van der Waals surface area contributed by atoms with E-state index in [2.05, 4.69) is 16.5 Å². The molecule has 0 fully saturated rings. The van der Waals surface area contributed by atoms with Crippen LogP contribution in [0.1, 0.15) is 40.7 Å². The number of hydrogen-bond acceptors (Lipinski definition) is 5. The molecule has 35 heavy (non-hydrogen) atoms. The van der Waals surface area contributed by atoms with Crippen LogP contribution in [0.4, 0.5) is 4.39 Å². The predicted molar refractivity (Wildman–Crippen MR) is 131 cm³/mol. The average Bonchev–Trinajstić information content (AvgIpc) is 3.29. The van der Waals surface area contributed by atoms with E-state index in [1.807, 2.05) is 6.92 Å². The van der Waals surface area contributed by atoms with E-state index >= 15 is 4.39 Å². The van der Waals surface area contributed by atoms with E-state index in [0.29, 0.717) is 28.9 Å². The van der Waals surface area contributed by atoms with E-state index in [-0.39, 0.29) is 17.0 Å². The zero-order valence-corrected chi connectivity index (χ0v) is 20.0. The second-order valence-corrected chi connectivity index (χ2v) is 10.4. The van der Waals surface area contributed by atoms with Gasteiger partial charge in [0, 0.05) is 23.9 Å². The van der Waals surface area contributed by atoms with E-state index in [0.717, 1.165) is 6.26 Å². The summed E-state index contributed by atoms with van der Waals surface area (Å²) < 4.78 is 42.6. The largest absolute Gasteiger partial charge is 0.324 e. The number of carbonyl (C=O) groups excluding carboxylic acids is 1. The molecule has 4 rings (SSSR count). The standard InChI is InChI=1S/C26H23FN4O3S/c1-3-20-15-24(31(30-20)22-11-7-8-18(14-22)17-28)25(32)29-21-12-13-23(19-9-5-4-6-10-19)26(27,16-21)35(2,33)34/h4-15H,3,16H2,1-2H3,(H,29,32). The number of nitrogens with zero attached hydrogens (tertiary/aromatic N) is 3. The van der Waals surface area contributed by atoms with Gasteiger partial charge in [-0.05, 0) is 42.3 Å². The lowest BCUT2D eigenvalue weighted by Crippen LogP contribution is -2.39. The van der Waals surface area contributed by atoms with Crippen molar-refractivity contribution in [3.8, 4) is 11.8 Å². The molecule has 1 aliphatic carbocycles. The lowest BCUT2D eigenvalue weighted by molar-refractivity contribution is 0.0955. The molecule has 0 radical (unpaired) electrons. The Hall–Kier alpha value is -4.03. The van der Waals surface area contributed by atoms with Crippen LogP contribution < -0.4 is 5.32 Å². The lowest BCUT2D eigenvalue weighted by Gasteiger charge is -2.30. The smallest absolute Gasteiger partial charge is 0.274 e. The Labute approximate surface area is 203 Å². The first-order chi connectivity index (χ1) is 16.7. The van der Waals surface area contributed by atoms with Crippen LogP contribution in [-0.4, -0.2) is 35.4 Å². The van der Waals surface area contributed by atoms with Gasteiger partial charge >= 0.3 is 0 Å². The van der Waals surface area contributed by atoms with Crippen LogP contribution in [0.5, 0.6) is 0 Å². The van der Waals surface area contributed by atoms with Crippen molar-refractivity contribution in [3.05, 3.63) is 101 Å². The Balaban J connectivity index is 1.71. The summed E-state index contributed by atoms with van der Waals surface area (Å²) in [5, 5.41) is 13.6. The highest BCUT2D eigenvalue weighted by molar-refractivity contribution is 7.92. The molecular weight excluding hydrogens is 467 g/mol. The molecule has 1 atom stereocenters. The minimum absolute atomic E-state index is 0.0187. The number of halogens is 1. The molecule has 0 saturated heterocycles. The molecule has 9 heteroatoms. The summed E-state index contributed by atoms with van der Waals surface area (Å²) in [5.74, 6) is -0.571. The summed E-state index contributed by atoms with van der Waals surface area (Å²) in [7, 11) is -4.19. The average molecular weight is 491 g/mol. The number of aromatic nitrogens is 2. The Kier molecular flexibility index (Phi) is 6.41. The molecule has 1 amide bonds. The number of aryl methyl sites for hydroxylation is 1. The summed E-state index contributed by atoms with van der Waals surface area (Å²) in [4.78, 5) is 13.2. The van der Waals surface area contributed by atoms with Crippen molar-refractivity contribution in [3.63, 3.8) is 0 Å². The fourth-order valence-corrected chi connectivity index (χ4v) is 4.94. The number of allylic oxidation sites excluding steroid dienone is 3. The zero-order chi connectivity index (χ0) is 25.2. The fraction of sp³-hybridized carbons (Fsp3) is 0.192. The Bertz CT molecular complexity index is 1500. The Morgan fingerprint density at radius 3 is 2.57 bits per heavy atom. The van der Waals surface area contributed by atoms with Gasteiger partial charge in [-0.3, -0.25) is 4.79 Å². The molecule has 178 valence electrons. The lowest BCUT2D eigenvalue weighted by atomic mass is 9.93.